The van der Waals surface area contributed by atoms with E-state index in [0.717, 1.165) is 18.1 Å². The van der Waals surface area contributed by atoms with E-state index >= 15 is 0 Å². The summed E-state index contributed by atoms with van der Waals surface area (Å²) < 4.78 is 5.64. The smallest absolute Gasteiger partial charge is 0.119 e. The average Bonchev–Trinajstić information content (AvgIpc) is 2.82. The van der Waals surface area contributed by atoms with E-state index in [0.29, 0.717) is 0 Å². The fourth-order valence-corrected chi connectivity index (χ4v) is 2.81. The zero-order valence-electron chi connectivity index (χ0n) is 11.6. The van der Waals surface area contributed by atoms with Gasteiger partial charge in [0.1, 0.15) is 5.75 Å². The molecule has 0 amide bonds. The van der Waals surface area contributed by atoms with Crippen molar-refractivity contribution < 1.29 is 4.74 Å². The zero-order chi connectivity index (χ0) is 13.0. The molecule has 1 saturated carbocycles. The van der Waals surface area contributed by atoms with Gasteiger partial charge in [0, 0.05) is 6.04 Å². The fourth-order valence-electron chi connectivity index (χ4n) is 2.81. The van der Waals surface area contributed by atoms with Crippen molar-refractivity contribution in [1.82, 2.24) is 0 Å². The molecule has 0 aliphatic heterocycles. The molecule has 0 bridgehead atoms. The predicted molar refractivity (Wildman–Crippen MR) is 75.7 cm³/mol. The van der Waals surface area contributed by atoms with E-state index < -0.39 is 0 Å². The molecular formula is C16H25NO. The van der Waals surface area contributed by atoms with E-state index in [4.69, 9.17) is 10.5 Å². The molecule has 100 valence electrons. The molecule has 0 spiro atoms. The van der Waals surface area contributed by atoms with E-state index in [9.17, 15) is 0 Å². The lowest BCUT2D eigenvalue weighted by molar-refractivity contribution is 0.242. The number of hydrogen-bond donors (Lipinski definition) is 1. The Labute approximate surface area is 111 Å². The van der Waals surface area contributed by atoms with Crippen molar-refractivity contribution in [3.05, 3.63) is 29.8 Å². The number of rotatable bonds is 5. The van der Waals surface area contributed by atoms with Crippen LogP contribution in [0.3, 0.4) is 0 Å². The number of hydrogen-bond acceptors (Lipinski definition) is 2. The van der Waals surface area contributed by atoms with Crippen molar-refractivity contribution in [1.29, 1.82) is 0 Å². The first kappa shape index (κ1) is 13.4. The summed E-state index contributed by atoms with van der Waals surface area (Å²) in [5.41, 5.74) is 7.52. The summed E-state index contributed by atoms with van der Waals surface area (Å²) in [6.07, 6.45) is 6.86. The Morgan fingerprint density at radius 1 is 1.17 bits per heavy atom. The Kier molecular flexibility index (Phi) is 4.65. The third kappa shape index (κ3) is 3.74. The van der Waals surface area contributed by atoms with E-state index in [-0.39, 0.29) is 12.1 Å². The quantitative estimate of drug-likeness (QED) is 0.851. The number of nitrogens with two attached hydrogens (primary N) is 1. The minimum Gasteiger partial charge on any atom is -0.491 e. The van der Waals surface area contributed by atoms with Gasteiger partial charge in [0.25, 0.3) is 0 Å². The van der Waals surface area contributed by atoms with Gasteiger partial charge in [-0.15, -0.1) is 0 Å². The second-order valence-corrected chi connectivity index (χ2v) is 5.73. The first-order valence-electron chi connectivity index (χ1n) is 7.17. The third-order valence-corrected chi connectivity index (χ3v) is 3.74. The van der Waals surface area contributed by atoms with Gasteiger partial charge in [-0.3, -0.25) is 0 Å². The molecule has 0 radical (unpaired) electrons. The highest BCUT2D eigenvalue weighted by molar-refractivity contribution is 5.29. The van der Waals surface area contributed by atoms with Crippen molar-refractivity contribution in [2.75, 3.05) is 0 Å². The van der Waals surface area contributed by atoms with Crippen LogP contribution >= 0.6 is 0 Å². The summed E-state index contributed by atoms with van der Waals surface area (Å²) in [6, 6.07) is 8.46. The molecule has 1 aromatic carbocycles. The molecule has 1 atom stereocenters. The van der Waals surface area contributed by atoms with Crippen LogP contribution in [-0.4, -0.2) is 6.10 Å². The number of benzene rings is 1. The average molecular weight is 247 g/mol. The monoisotopic (exact) mass is 247 g/mol. The fraction of sp³-hybridized carbons (Fsp3) is 0.625. The van der Waals surface area contributed by atoms with E-state index in [2.05, 4.69) is 12.1 Å². The Morgan fingerprint density at radius 3 is 2.33 bits per heavy atom. The van der Waals surface area contributed by atoms with Gasteiger partial charge in [0.05, 0.1) is 6.10 Å². The van der Waals surface area contributed by atoms with Crippen LogP contribution in [0.2, 0.25) is 0 Å². The van der Waals surface area contributed by atoms with Crippen LogP contribution in [0.5, 0.6) is 5.75 Å². The predicted octanol–water partition coefficient (Wildman–Crippen LogP) is 4.05. The minimum atomic E-state index is 0.182. The van der Waals surface area contributed by atoms with Gasteiger partial charge in [-0.1, -0.05) is 37.8 Å². The summed E-state index contributed by atoms with van der Waals surface area (Å²) in [5, 5.41) is 0. The molecule has 2 rings (SSSR count). The van der Waals surface area contributed by atoms with Crippen molar-refractivity contribution >= 4 is 0 Å². The van der Waals surface area contributed by atoms with E-state index in [1.54, 1.807) is 0 Å². The molecule has 0 aromatic heterocycles. The van der Waals surface area contributed by atoms with Crippen LogP contribution in [0.15, 0.2) is 24.3 Å². The van der Waals surface area contributed by atoms with Crippen molar-refractivity contribution in [3.8, 4) is 5.75 Å². The third-order valence-electron chi connectivity index (χ3n) is 3.74. The maximum absolute atomic E-state index is 6.29. The highest BCUT2D eigenvalue weighted by Crippen LogP contribution is 2.32. The second kappa shape index (κ2) is 6.24. The van der Waals surface area contributed by atoms with Crippen LogP contribution < -0.4 is 10.5 Å². The second-order valence-electron chi connectivity index (χ2n) is 5.73. The SMILES string of the molecule is CC(C)Oc1ccc(C(N)CC2CCCC2)cc1. The highest BCUT2D eigenvalue weighted by atomic mass is 16.5. The Bertz CT molecular complexity index is 352. The molecule has 18 heavy (non-hydrogen) atoms. The Morgan fingerprint density at radius 2 is 1.78 bits per heavy atom. The molecule has 0 saturated heterocycles. The molecule has 1 unspecified atom stereocenters. The van der Waals surface area contributed by atoms with Gasteiger partial charge in [0.15, 0.2) is 0 Å². The van der Waals surface area contributed by atoms with Gasteiger partial charge >= 0.3 is 0 Å². The van der Waals surface area contributed by atoms with E-state index in [1.165, 1.54) is 31.2 Å². The van der Waals surface area contributed by atoms with Crippen molar-refractivity contribution in [2.45, 2.75) is 58.1 Å². The summed E-state index contributed by atoms with van der Waals surface area (Å²) in [4.78, 5) is 0. The van der Waals surface area contributed by atoms with Gasteiger partial charge in [-0.2, -0.15) is 0 Å². The van der Waals surface area contributed by atoms with Gasteiger partial charge in [0.2, 0.25) is 0 Å². The summed E-state index contributed by atoms with van der Waals surface area (Å²) in [7, 11) is 0. The largest absolute Gasteiger partial charge is 0.491 e. The molecule has 1 aromatic rings. The van der Waals surface area contributed by atoms with Gasteiger partial charge in [-0.25, -0.2) is 0 Å². The summed E-state index contributed by atoms with van der Waals surface area (Å²) >= 11 is 0. The molecule has 1 aliphatic rings. The van der Waals surface area contributed by atoms with E-state index in [1.807, 2.05) is 26.0 Å². The lowest BCUT2D eigenvalue weighted by Gasteiger charge is -2.17. The summed E-state index contributed by atoms with van der Waals surface area (Å²) in [6.45, 7) is 4.08. The molecule has 2 nitrogen and oxygen atoms in total. The molecule has 2 N–H and O–H groups in total. The normalized spacial score (nSPS) is 18.2. The van der Waals surface area contributed by atoms with Gasteiger partial charge < -0.3 is 10.5 Å². The molecule has 1 fully saturated rings. The van der Waals surface area contributed by atoms with Gasteiger partial charge in [-0.05, 0) is 43.9 Å². The minimum absolute atomic E-state index is 0.182. The van der Waals surface area contributed by atoms with Crippen LogP contribution in [0, 0.1) is 5.92 Å². The first-order valence-corrected chi connectivity index (χ1v) is 7.17. The van der Waals surface area contributed by atoms with Crippen LogP contribution in [0.1, 0.15) is 57.6 Å². The molecule has 0 heterocycles. The van der Waals surface area contributed by atoms with Crippen LogP contribution in [-0.2, 0) is 0 Å². The first-order chi connectivity index (χ1) is 8.65. The molecule has 1 aliphatic carbocycles. The Balaban J connectivity index is 1.91. The maximum Gasteiger partial charge on any atom is 0.119 e. The summed E-state index contributed by atoms with van der Waals surface area (Å²) in [5.74, 6) is 1.77. The van der Waals surface area contributed by atoms with Crippen LogP contribution in [0.4, 0.5) is 0 Å². The number of ether oxygens (including phenoxy) is 1. The van der Waals surface area contributed by atoms with Crippen molar-refractivity contribution in [3.63, 3.8) is 0 Å². The topological polar surface area (TPSA) is 35.2 Å². The lowest BCUT2D eigenvalue weighted by atomic mass is 9.94. The Hall–Kier alpha value is -1.02. The van der Waals surface area contributed by atoms with Crippen LogP contribution in [0.25, 0.3) is 0 Å². The zero-order valence-corrected chi connectivity index (χ0v) is 11.6. The molecular weight excluding hydrogens is 222 g/mol. The lowest BCUT2D eigenvalue weighted by Crippen LogP contribution is -2.14. The van der Waals surface area contributed by atoms with Crippen molar-refractivity contribution in [2.24, 2.45) is 11.7 Å². The maximum atomic E-state index is 6.29. The molecule has 2 heteroatoms. The highest BCUT2D eigenvalue weighted by Gasteiger charge is 2.18. The standard InChI is InChI=1S/C16H25NO/c1-12(2)18-15-9-7-14(8-10-15)16(17)11-13-5-3-4-6-13/h7-10,12-13,16H,3-6,11,17H2,1-2H3.